The summed E-state index contributed by atoms with van der Waals surface area (Å²) in [6, 6.07) is 6.67. The molecule has 0 radical (unpaired) electrons. The van der Waals surface area contributed by atoms with Crippen molar-refractivity contribution in [1.82, 2.24) is 4.90 Å². The molecule has 2 aliphatic carbocycles. The second-order valence-corrected chi connectivity index (χ2v) is 11.4. The van der Waals surface area contributed by atoms with Gasteiger partial charge in [0.25, 0.3) is 5.69 Å². The van der Waals surface area contributed by atoms with Crippen LogP contribution >= 0.6 is 0 Å². The summed E-state index contributed by atoms with van der Waals surface area (Å²) in [6.07, 6.45) is 3.80. The predicted molar refractivity (Wildman–Crippen MR) is 130 cm³/mol. The van der Waals surface area contributed by atoms with Gasteiger partial charge in [-0.3, -0.25) is 19.8 Å². The van der Waals surface area contributed by atoms with Crippen LogP contribution in [0.15, 0.2) is 24.3 Å². The molecule has 5 rings (SSSR count). The second kappa shape index (κ2) is 8.71. The lowest BCUT2D eigenvalue weighted by Crippen LogP contribution is -2.69. The number of nitrogens with zero attached hydrogens (tertiary/aromatic N) is 3. The van der Waals surface area contributed by atoms with Gasteiger partial charge in [-0.1, -0.05) is 6.92 Å². The molecule has 1 N–H and O–H groups in total. The fourth-order valence-corrected chi connectivity index (χ4v) is 7.34. The number of anilines is 1. The third-order valence-electron chi connectivity index (χ3n) is 9.71. The van der Waals surface area contributed by atoms with Crippen LogP contribution in [-0.4, -0.2) is 78.0 Å². The van der Waals surface area contributed by atoms with Crippen LogP contribution in [0.4, 0.5) is 11.4 Å². The van der Waals surface area contributed by atoms with Gasteiger partial charge in [0.05, 0.1) is 22.0 Å². The zero-order valence-corrected chi connectivity index (χ0v) is 20.9. The maximum absolute atomic E-state index is 13.0. The molecule has 2 heterocycles. The van der Waals surface area contributed by atoms with Crippen molar-refractivity contribution < 1.29 is 24.3 Å². The molecular formula is C26H37N3O6. The molecule has 2 aliphatic heterocycles. The number of rotatable bonds is 5. The standard InChI is InChI=1S/C26H37N3O6/c1-24-9-4-10-25(2,34-3)26(24,31)15-20-21(23(30)35-22(20)16-24)17-27-11-13-28(14-12-27)18-5-7-19(8-6-18)29(32)33/h5-8,20-22,31H,4,9-17H2,1-3H3/t20-,21-,22+,24-,25-,26+/m1/s1. The molecule has 192 valence electrons. The maximum Gasteiger partial charge on any atom is 0.310 e. The van der Waals surface area contributed by atoms with Gasteiger partial charge >= 0.3 is 5.97 Å². The largest absolute Gasteiger partial charge is 0.462 e. The fourth-order valence-electron chi connectivity index (χ4n) is 7.34. The SMILES string of the molecule is CO[C@]1(C)CCC[C@]2(C)C[C@@H]3OC(=O)[C@H](CN4CCN(c5ccc([N+](=O)[O-])cc5)CC4)[C@H]3C[C@]21O. The Morgan fingerprint density at radius 3 is 2.46 bits per heavy atom. The van der Waals surface area contributed by atoms with E-state index in [1.165, 1.54) is 12.1 Å². The highest BCUT2D eigenvalue weighted by Gasteiger charge is 2.67. The number of nitro groups is 1. The van der Waals surface area contributed by atoms with Gasteiger partial charge < -0.3 is 19.5 Å². The topological polar surface area (TPSA) is 105 Å². The monoisotopic (exact) mass is 487 g/mol. The van der Waals surface area contributed by atoms with Gasteiger partial charge in [0.1, 0.15) is 6.10 Å². The van der Waals surface area contributed by atoms with Gasteiger partial charge in [-0.15, -0.1) is 0 Å². The summed E-state index contributed by atoms with van der Waals surface area (Å²) in [5.74, 6) is -0.397. The molecule has 0 amide bonds. The van der Waals surface area contributed by atoms with E-state index in [-0.39, 0.29) is 39.9 Å². The fraction of sp³-hybridized carbons (Fsp3) is 0.731. The number of ether oxygens (including phenoxy) is 2. The molecule has 9 heteroatoms. The number of fused-ring (bicyclic) bond motifs is 2. The summed E-state index contributed by atoms with van der Waals surface area (Å²) >= 11 is 0. The summed E-state index contributed by atoms with van der Waals surface area (Å²) in [7, 11) is 1.69. The number of esters is 1. The van der Waals surface area contributed by atoms with Crippen LogP contribution in [0.2, 0.25) is 0 Å². The normalized spacial score (nSPS) is 39.6. The van der Waals surface area contributed by atoms with E-state index in [9.17, 15) is 20.0 Å². The Kier molecular flexibility index (Phi) is 6.09. The molecule has 9 nitrogen and oxygen atoms in total. The van der Waals surface area contributed by atoms with Crippen molar-refractivity contribution in [3.63, 3.8) is 0 Å². The molecular weight excluding hydrogens is 450 g/mol. The zero-order valence-electron chi connectivity index (χ0n) is 20.9. The van der Waals surface area contributed by atoms with Gasteiger partial charge in [-0.2, -0.15) is 0 Å². The highest BCUT2D eigenvalue weighted by atomic mass is 16.6. The molecule has 4 fully saturated rings. The number of carbonyl (C=O) groups is 1. The lowest BCUT2D eigenvalue weighted by Gasteiger charge is -2.62. The number of hydrogen-bond donors (Lipinski definition) is 1. The molecule has 0 aromatic heterocycles. The van der Waals surface area contributed by atoms with E-state index >= 15 is 0 Å². The lowest BCUT2D eigenvalue weighted by molar-refractivity contribution is -0.384. The van der Waals surface area contributed by atoms with E-state index < -0.39 is 11.2 Å². The molecule has 1 aromatic carbocycles. The third kappa shape index (κ3) is 3.92. The summed E-state index contributed by atoms with van der Waals surface area (Å²) in [6.45, 7) is 7.97. The van der Waals surface area contributed by atoms with Crippen LogP contribution in [0.3, 0.4) is 0 Å². The smallest absolute Gasteiger partial charge is 0.310 e. The number of piperazine rings is 1. The number of benzene rings is 1. The first kappa shape index (κ1) is 24.5. The number of aliphatic hydroxyl groups is 1. The van der Waals surface area contributed by atoms with Crippen molar-refractivity contribution in [2.24, 2.45) is 17.3 Å². The Balaban J connectivity index is 1.25. The number of methoxy groups -OCH3 is 1. The van der Waals surface area contributed by atoms with Gasteiger partial charge in [-0.25, -0.2) is 0 Å². The maximum atomic E-state index is 13.0. The minimum atomic E-state index is -0.991. The highest BCUT2D eigenvalue weighted by molar-refractivity contribution is 5.75. The molecule has 0 spiro atoms. The van der Waals surface area contributed by atoms with Crippen molar-refractivity contribution in [3.05, 3.63) is 34.4 Å². The quantitative estimate of drug-likeness (QED) is 0.384. The van der Waals surface area contributed by atoms with E-state index in [2.05, 4.69) is 16.7 Å². The van der Waals surface area contributed by atoms with E-state index in [4.69, 9.17) is 9.47 Å². The molecule has 0 bridgehead atoms. The van der Waals surface area contributed by atoms with Crippen LogP contribution < -0.4 is 4.90 Å². The molecule has 35 heavy (non-hydrogen) atoms. The average Bonchev–Trinajstić information content (AvgIpc) is 3.12. The number of nitro benzene ring substituents is 1. The van der Waals surface area contributed by atoms with Crippen LogP contribution in [-0.2, 0) is 14.3 Å². The number of non-ortho nitro benzene ring substituents is 1. The Morgan fingerprint density at radius 1 is 1.14 bits per heavy atom. The Hall–Kier alpha value is -2.23. The Bertz CT molecular complexity index is 980. The van der Waals surface area contributed by atoms with E-state index in [0.717, 1.165) is 51.1 Å². The Labute approximate surface area is 206 Å². The summed E-state index contributed by atoms with van der Waals surface area (Å²) in [5, 5.41) is 23.0. The van der Waals surface area contributed by atoms with Gasteiger partial charge in [0.15, 0.2) is 0 Å². The summed E-state index contributed by atoms with van der Waals surface area (Å²) in [5.41, 5.74) is -0.884. The summed E-state index contributed by atoms with van der Waals surface area (Å²) < 4.78 is 11.8. The third-order valence-corrected chi connectivity index (χ3v) is 9.71. The van der Waals surface area contributed by atoms with Crippen molar-refractivity contribution in [1.29, 1.82) is 0 Å². The van der Waals surface area contributed by atoms with Crippen LogP contribution in [0.1, 0.15) is 46.0 Å². The minimum absolute atomic E-state index is 0.0131. The summed E-state index contributed by atoms with van der Waals surface area (Å²) in [4.78, 5) is 28.1. The predicted octanol–water partition coefficient (Wildman–Crippen LogP) is 2.99. The molecule has 0 unspecified atom stereocenters. The van der Waals surface area contributed by atoms with E-state index in [0.29, 0.717) is 19.4 Å². The van der Waals surface area contributed by atoms with Crippen molar-refractivity contribution >= 4 is 17.3 Å². The molecule has 2 saturated carbocycles. The van der Waals surface area contributed by atoms with Crippen molar-refractivity contribution in [2.45, 2.75) is 63.3 Å². The van der Waals surface area contributed by atoms with Crippen LogP contribution in [0, 0.1) is 27.4 Å². The lowest BCUT2D eigenvalue weighted by atomic mass is 9.49. The number of hydrogen-bond acceptors (Lipinski definition) is 8. The molecule has 4 aliphatic rings. The molecule has 6 atom stereocenters. The minimum Gasteiger partial charge on any atom is -0.462 e. The van der Waals surface area contributed by atoms with Crippen molar-refractivity contribution in [2.75, 3.05) is 44.7 Å². The first-order chi connectivity index (χ1) is 16.6. The van der Waals surface area contributed by atoms with Crippen LogP contribution in [0.5, 0.6) is 0 Å². The van der Waals surface area contributed by atoms with Crippen molar-refractivity contribution in [3.8, 4) is 0 Å². The number of carbonyl (C=O) groups excluding carboxylic acids is 1. The van der Waals surface area contributed by atoms with E-state index in [1.54, 1.807) is 19.2 Å². The van der Waals surface area contributed by atoms with Crippen LogP contribution in [0.25, 0.3) is 0 Å². The first-order valence-corrected chi connectivity index (χ1v) is 12.8. The van der Waals surface area contributed by atoms with Gasteiger partial charge in [0, 0.05) is 69.0 Å². The first-order valence-electron chi connectivity index (χ1n) is 12.8. The van der Waals surface area contributed by atoms with Gasteiger partial charge in [-0.05, 0) is 51.2 Å². The highest BCUT2D eigenvalue weighted by Crippen LogP contribution is 2.61. The Morgan fingerprint density at radius 2 is 1.83 bits per heavy atom. The average molecular weight is 488 g/mol. The molecule has 2 saturated heterocycles. The second-order valence-electron chi connectivity index (χ2n) is 11.4. The van der Waals surface area contributed by atoms with E-state index in [1.807, 2.05) is 6.92 Å². The van der Waals surface area contributed by atoms with Gasteiger partial charge in [0.2, 0.25) is 0 Å². The molecule has 1 aromatic rings. The zero-order chi connectivity index (χ0) is 25.0.